The molecule has 4 aromatic rings. The molecule has 1 fully saturated rings. The van der Waals surface area contributed by atoms with Gasteiger partial charge in [-0.1, -0.05) is 12.1 Å². The molecular formula is C32H36FN7O3S. The van der Waals surface area contributed by atoms with Gasteiger partial charge in [-0.25, -0.2) is 22.5 Å². The molecule has 0 unspecified atom stereocenters. The highest BCUT2D eigenvalue weighted by Crippen LogP contribution is 2.25. The maximum absolute atomic E-state index is 13.5. The highest BCUT2D eigenvalue weighted by Gasteiger charge is 2.24. The summed E-state index contributed by atoms with van der Waals surface area (Å²) in [6, 6.07) is 20.2. The number of hydrogen-bond donors (Lipinski definition) is 3. The highest BCUT2D eigenvalue weighted by atomic mass is 32.2. The zero-order valence-corrected chi connectivity index (χ0v) is 26.0. The number of carbonyl (C=O) groups is 1. The molecule has 2 heterocycles. The first-order valence-corrected chi connectivity index (χ1v) is 15.8. The van der Waals surface area contributed by atoms with Gasteiger partial charge < -0.3 is 20.4 Å². The van der Waals surface area contributed by atoms with Crippen LogP contribution in [0.1, 0.15) is 36.7 Å². The SMILES string of the molecule is Cc1cnc(Nc2ccc(N3CCN(C(=O)c4cccc(F)c4)CC3)cc2)nc1Nc1cccc(S(=O)(=O)NC(C)(C)C)c1. The smallest absolute Gasteiger partial charge is 0.254 e. The van der Waals surface area contributed by atoms with Gasteiger partial charge in [-0.3, -0.25) is 4.79 Å². The Hall–Kier alpha value is -4.55. The van der Waals surface area contributed by atoms with Crippen molar-refractivity contribution in [1.29, 1.82) is 0 Å². The summed E-state index contributed by atoms with van der Waals surface area (Å²) in [5.74, 6) is 0.349. The number of piperazine rings is 1. The molecule has 0 aliphatic carbocycles. The zero-order chi connectivity index (χ0) is 31.5. The fraction of sp³-hybridized carbons (Fsp3) is 0.281. The molecule has 0 saturated carbocycles. The van der Waals surface area contributed by atoms with E-state index in [4.69, 9.17) is 0 Å². The number of benzene rings is 3. The van der Waals surface area contributed by atoms with Crippen LogP contribution in [0.25, 0.3) is 0 Å². The number of nitrogens with one attached hydrogen (secondary N) is 3. The van der Waals surface area contributed by atoms with Crippen LogP contribution in [0.15, 0.2) is 83.9 Å². The molecule has 44 heavy (non-hydrogen) atoms. The molecular weight excluding hydrogens is 581 g/mol. The standard InChI is InChI=1S/C32H36FN7O3S/c1-22-21-34-31(37-29(22)35-26-9-6-10-28(20-26)44(42,43)38-32(2,3)4)36-25-11-13-27(14-12-25)39-15-17-40(18-16-39)30(41)23-7-5-8-24(33)19-23/h5-14,19-21,38H,15-18H2,1-4H3,(H2,34,35,36,37). The summed E-state index contributed by atoms with van der Waals surface area (Å²) < 4.78 is 41.8. The lowest BCUT2D eigenvalue weighted by Gasteiger charge is -2.36. The lowest BCUT2D eigenvalue weighted by atomic mass is 10.1. The molecule has 12 heteroatoms. The van der Waals surface area contributed by atoms with Crippen LogP contribution in [0.5, 0.6) is 0 Å². The van der Waals surface area contributed by atoms with Crippen molar-refractivity contribution < 1.29 is 17.6 Å². The van der Waals surface area contributed by atoms with E-state index in [0.717, 1.165) is 16.9 Å². The average Bonchev–Trinajstić information content (AvgIpc) is 2.98. The maximum Gasteiger partial charge on any atom is 0.254 e. The Labute approximate surface area is 257 Å². The van der Waals surface area contributed by atoms with E-state index in [-0.39, 0.29) is 10.8 Å². The van der Waals surface area contributed by atoms with E-state index in [0.29, 0.717) is 49.2 Å². The molecule has 5 rings (SSSR count). The van der Waals surface area contributed by atoms with Gasteiger partial charge >= 0.3 is 0 Å². The first kappa shape index (κ1) is 30.9. The molecule has 1 aromatic heterocycles. The second-order valence-electron chi connectivity index (χ2n) is 11.7. The summed E-state index contributed by atoms with van der Waals surface area (Å²) in [5, 5.41) is 6.44. The summed E-state index contributed by atoms with van der Waals surface area (Å²) in [4.78, 5) is 25.9. The fourth-order valence-corrected chi connectivity index (χ4v) is 6.29. The second-order valence-corrected chi connectivity index (χ2v) is 13.4. The number of aromatic nitrogens is 2. The summed E-state index contributed by atoms with van der Waals surface area (Å²) >= 11 is 0. The van der Waals surface area contributed by atoms with E-state index >= 15 is 0 Å². The number of nitrogens with zero attached hydrogens (tertiary/aromatic N) is 4. The van der Waals surface area contributed by atoms with Crippen molar-refractivity contribution in [2.45, 2.75) is 38.1 Å². The average molecular weight is 618 g/mol. The van der Waals surface area contributed by atoms with E-state index in [9.17, 15) is 17.6 Å². The highest BCUT2D eigenvalue weighted by molar-refractivity contribution is 7.89. The van der Waals surface area contributed by atoms with Crippen LogP contribution in [0.4, 0.5) is 33.2 Å². The number of carbonyl (C=O) groups excluding carboxylic acids is 1. The normalized spacial score (nSPS) is 13.9. The molecule has 0 radical (unpaired) electrons. The Kier molecular flexibility index (Phi) is 8.84. The first-order valence-electron chi connectivity index (χ1n) is 14.3. The van der Waals surface area contributed by atoms with Gasteiger partial charge in [0.25, 0.3) is 5.91 Å². The number of halogens is 1. The molecule has 0 spiro atoms. The number of anilines is 5. The molecule has 3 N–H and O–H groups in total. The van der Waals surface area contributed by atoms with Crippen LogP contribution < -0.4 is 20.3 Å². The van der Waals surface area contributed by atoms with Gasteiger partial charge in [-0.05, 0) is 88.4 Å². The minimum absolute atomic E-state index is 0.155. The lowest BCUT2D eigenvalue weighted by Crippen LogP contribution is -2.48. The number of amides is 1. The summed E-state index contributed by atoms with van der Waals surface area (Å²) in [7, 11) is -3.69. The van der Waals surface area contributed by atoms with E-state index in [1.54, 1.807) is 68.3 Å². The third kappa shape index (κ3) is 7.69. The minimum Gasteiger partial charge on any atom is -0.368 e. The van der Waals surface area contributed by atoms with Crippen LogP contribution >= 0.6 is 0 Å². The van der Waals surface area contributed by atoms with Gasteiger partial charge in [0.2, 0.25) is 16.0 Å². The first-order chi connectivity index (χ1) is 20.9. The molecule has 3 aromatic carbocycles. The van der Waals surface area contributed by atoms with Gasteiger partial charge in [-0.15, -0.1) is 0 Å². The van der Waals surface area contributed by atoms with Crippen LogP contribution in [-0.4, -0.2) is 60.9 Å². The van der Waals surface area contributed by atoms with Crippen molar-refractivity contribution in [2.24, 2.45) is 0 Å². The third-order valence-corrected chi connectivity index (χ3v) is 8.70. The van der Waals surface area contributed by atoms with E-state index < -0.39 is 21.4 Å². The molecule has 230 valence electrons. The fourth-order valence-electron chi connectivity index (χ4n) is 4.83. The Morgan fingerprint density at radius 2 is 1.59 bits per heavy atom. The number of aryl methyl sites for hydroxylation is 1. The van der Waals surface area contributed by atoms with E-state index in [2.05, 4.69) is 30.2 Å². The Morgan fingerprint density at radius 3 is 2.27 bits per heavy atom. The van der Waals surface area contributed by atoms with Crippen molar-refractivity contribution >= 4 is 44.8 Å². The molecule has 0 atom stereocenters. The van der Waals surface area contributed by atoms with Gasteiger partial charge in [0.1, 0.15) is 11.6 Å². The number of rotatable bonds is 8. The molecule has 1 aliphatic rings. The molecule has 0 bridgehead atoms. The van der Waals surface area contributed by atoms with Crippen LogP contribution in [0.3, 0.4) is 0 Å². The van der Waals surface area contributed by atoms with Crippen LogP contribution in [0, 0.1) is 12.7 Å². The van der Waals surface area contributed by atoms with E-state index in [1.165, 1.54) is 12.1 Å². The quantitative estimate of drug-likeness (QED) is 0.239. The summed E-state index contributed by atoms with van der Waals surface area (Å²) in [6.07, 6.45) is 1.69. The topological polar surface area (TPSA) is 120 Å². The van der Waals surface area contributed by atoms with Crippen molar-refractivity contribution in [1.82, 2.24) is 19.6 Å². The summed E-state index contributed by atoms with van der Waals surface area (Å²) in [5.41, 5.74) is 2.95. The monoisotopic (exact) mass is 617 g/mol. The Balaban J connectivity index is 1.21. The molecule has 1 aliphatic heterocycles. The van der Waals surface area contributed by atoms with Crippen molar-refractivity contribution in [3.05, 3.63) is 95.9 Å². The Morgan fingerprint density at radius 1 is 0.886 bits per heavy atom. The van der Waals surface area contributed by atoms with Gasteiger partial charge in [-0.2, -0.15) is 4.98 Å². The predicted molar refractivity (Wildman–Crippen MR) is 171 cm³/mol. The van der Waals surface area contributed by atoms with Gasteiger partial charge in [0.05, 0.1) is 4.90 Å². The van der Waals surface area contributed by atoms with Crippen molar-refractivity contribution in [3.63, 3.8) is 0 Å². The third-order valence-electron chi connectivity index (χ3n) is 6.95. The van der Waals surface area contributed by atoms with Crippen LogP contribution in [-0.2, 0) is 10.0 Å². The molecule has 1 saturated heterocycles. The second kappa shape index (κ2) is 12.6. The van der Waals surface area contributed by atoms with Crippen molar-refractivity contribution in [2.75, 3.05) is 41.7 Å². The largest absolute Gasteiger partial charge is 0.368 e. The minimum atomic E-state index is -3.69. The van der Waals surface area contributed by atoms with Crippen molar-refractivity contribution in [3.8, 4) is 0 Å². The summed E-state index contributed by atoms with van der Waals surface area (Å²) in [6.45, 7) is 9.67. The molecule has 10 nitrogen and oxygen atoms in total. The Bertz CT molecular complexity index is 1750. The number of hydrogen-bond acceptors (Lipinski definition) is 8. The maximum atomic E-state index is 13.5. The van der Waals surface area contributed by atoms with E-state index in [1.807, 2.05) is 31.2 Å². The lowest BCUT2D eigenvalue weighted by molar-refractivity contribution is 0.0746. The van der Waals surface area contributed by atoms with Gasteiger partial charge in [0, 0.05) is 66.1 Å². The van der Waals surface area contributed by atoms with Crippen LogP contribution in [0.2, 0.25) is 0 Å². The zero-order valence-electron chi connectivity index (χ0n) is 25.1. The molecule has 1 amide bonds. The predicted octanol–water partition coefficient (Wildman–Crippen LogP) is 5.45. The van der Waals surface area contributed by atoms with Gasteiger partial charge in [0.15, 0.2) is 0 Å². The number of sulfonamides is 1.